The van der Waals surface area contributed by atoms with Gasteiger partial charge in [0.05, 0.1) is 10.6 Å². The van der Waals surface area contributed by atoms with Gasteiger partial charge in [-0.05, 0) is 87.8 Å². The summed E-state index contributed by atoms with van der Waals surface area (Å²) in [6.45, 7) is 8.00. The highest BCUT2D eigenvalue weighted by Crippen LogP contribution is 2.41. The highest BCUT2D eigenvalue weighted by Gasteiger charge is 2.35. The number of amides is 2. The number of hydrogen-bond acceptors (Lipinski definition) is 9. The van der Waals surface area contributed by atoms with Crippen LogP contribution in [-0.2, 0) is 47.2 Å². The number of carbonyl (C=O) groups excluding carboxylic acids is 3. The van der Waals surface area contributed by atoms with Gasteiger partial charge < -0.3 is 24.3 Å². The molecule has 4 aromatic rings. The number of ether oxygens (including phenoxy) is 2. The molecule has 14 heteroatoms. The molecule has 12 nitrogen and oxygen atoms in total. The quantitative estimate of drug-likeness (QED) is 0.226. The number of esters is 1. The summed E-state index contributed by atoms with van der Waals surface area (Å²) >= 11 is 1.53. The molecule has 2 amide bonds. The number of aromatic nitrogens is 3. The molecule has 1 fully saturated rings. The first-order valence-electron chi connectivity index (χ1n) is 17.2. The number of nitrogens with zero attached hydrogens (tertiary/aromatic N) is 4. The van der Waals surface area contributed by atoms with Gasteiger partial charge in [0.1, 0.15) is 23.7 Å². The third-order valence-corrected chi connectivity index (χ3v) is 10.9. The number of aromatic amines is 1. The fourth-order valence-electron chi connectivity index (χ4n) is 6.97. The van der Waals surface area contributed by atoms with Crippen molar-refractivity contribution in [3.05, 3.63) is 78.8 Å². The molecule has 2 aliphatic heterocycles. The van der Waals surface area contributed by atoms with E-state index in [0.29, 0.717) is 34.5 Å². The molecule has 0 saturated carbocycles. The van der Waals surface area contributed by atoms with Crippen LogP contribution in [0.5, 0.6) is 0 Å². The molecule has 0 spiro atoms. The van der Waals surface area contributed by atoms with Crippen LogP contribution in [0.4, 0.5) is 26.4 Å². The molecule has 7 rings (SSSR count). The summed E-state index contributed by atoms with van der Waals surface area (Å²) in [7, 11) is 1.53. The predicted molar refractivity (Wildman–Crippen MR) is 191 cm³/mol. The van der Waals surface area contributed by atoms with Crippen molar-refractivity contribution in [2.75, 3.05) is 29.4 Å². The number of hydrogen-bond donors (Lipinski definition) is 2. The Bertz CT molecular complexity index is 2110. The van der Waals surface area contributed by atoms with Gasteiger partial charge in [-0.2, -0.15) is 5.10 Å². The maximum absolute atomic E-state index is 15.8. The summed E-state index contributed by atoms with van der Waals surface area (Å²) in [4.78, 5) is 58.5. The highest BCUT2D eigenvalue weighted by molar-refractivity contribution is 7.14. The van der Waals surface area contributed by atoms with Gasteiger partial charge in [-0.3, -0.25) is 19.5 Å². The Hall–Kier alpha value is -4.82. The van der Waals surface area contributed by atoms with Crippen LogP contribution in [0, 0.1) is 5.82 Å². The molecule has 51 heavy (non-hydrogen) atoms. The minimum absolute atomic E-state index is 0.0823. The molecular formula is C37H41FN6O6S. The molecule has 268 valence electrons. The zero-order valence-corrected chi connectivity index (χ0v) is 30.2. The number of fused-ring (bicyclic) bond motifs is 3. The minimum atomic E-state index is -0.896. The van der Waals surface area contributed by atoms with Crippen molar-refractivity contribution in [3.63, 3.8) is 0 Å². The molecule has 0 radical (unpaired) electrons. The average Bonchev–Trinajstić information content (AvgIpc) is 3.66. The Kier molecular flexibility index (Phi) is 9.08. The first-order chi connectivity index (χ1) is 24.3. The van der Waals surface area contributed by atoms with E-state index in [1.807, 2.05) is 0 Å². The van der Waals surface area contributed by atoms with Gasteiger partial charge in [-0.15, -0.1) is 11.3 Å². The lowest BCUT2D eigenvalue weighted by Gasteiger charge is -2.30. The monoisotopic (exact) mass is 716 g/mol. The fraction of sp³-hybridized carbons (Fsp3) is 0.432. The molecule has 0 bridgehead atoms. The summed E-state index contributed by atoms with van der Waals surface area (Å²) in [5.41, 5.74) is 2.97. The third-order valence-electron chi connectivity index (χ3n) is 9.53. The topological polar surface area (TPSA) is 139 Å². The zero-order valence-electron chi connectivity index (χ0n) is 29.4. The van der Waals surface area contributed by atoms with Gasteiger partial charge in [0.25, 0.3) is 11.5 Å². The highest BCUT2D eigenvalue weighted by atomic mass is 32.1. The molecular weight excluding hydrogens is 676 g/mol. The van der Waals surface area contributed by atoms with E-state index >= 15 is 4.39 Å². The normalized spacial score (nSPS) is 16.0. The van der Waals surface area contributed by atoms with Crippen molar-refractivity contribution < 1.29 is 28.2 Å². The van der Waals surface area contributed by atoms with Crippen molar-refractivity contribution in [1.82, 2.24) is 20.1 Å². The largest absolute Gasteiger partial charge is 0.461 e. The van der Waals surface area contributed by atoms with Crippen LogP contribution in [0.15, 0.2) is 35.3 Å². The first kappa shape index (κ1) is 34.6. The van der Waals surface area contributed by atoms with Gasteiger partial charge in [-0.1, -0.05) is 0 Å². The molecule has 5 heterocycles. The Morgan fingerprint density at radius 2 is 1.84 bits per heavy atom. The maximum Gasteiger partial charge on any atom is 0.420 e. The number of rotatable bonds is 7. The lowest BCUT2D eigenvalue weighted by atomic mass is 9.91. The van der Waals surface area contributed by atoms with Crippen LogP contribution in [0.3, 0.4) is 0 Å². The van der Waals surface area contributed by atoms with Crippen LogP contribution in [0.1, 0.15) is 83.4 Å². The molecule has 3 aliphatic rings. The molecule has 0 unspecified atom stereocenters. The van der Waals surface area contributed by atoms with E-state index in [1.54, 1.807) is 31.7 Å². The van der Waals surface area contributed by atoms with Gasteiger partial charge in [0.15, 0.2) is 5.82 Å². The van der Waals surface area contributed by atoms with Crippen molar-refractivity contribution >= 4 is 46.5 Å². The zero-order chi connectivity index (χ0) is 36.2. The first-order valence-corrected chi connectivity index (χ1v) is 18.0. The second kappa shape index (κ2) is 13.4. The summed E-state index contributed by atoms with van der Waals surface area (Å²) in [5.74, 6) is -1.06. The lowest BCUT2D eigenvalue weighted by molar-refractivity contribution is -0.142. The van der Waals surface area contributed by atoms with E-state index in [2.05, 4.69) is 15.5 Å². The van der Waals surface area contributed by atoms with E-state index in [-0.39, 0.29) is 35.6 Å². The van der Waals surface area contributed by atoms with Crippen molar-refractivity contribution in [2.24, 2.45) is 7.05 Å². The summed E-state index contributed by atoms with van der Waals surface area (Å²) in [5, 5.41) is 10.6. The fourth-order valence-corrected chi connectivity index (χ4v) is 8.36. The Morgan fingerprint density at radius 3 is 2.55 bits per heavy atom. The van der Waals surface area contributed by atoms with Crippen molar-refractivity contribution in [1.29, 1.82) is 0 Å². The summed E-state index contributed by atoms with van der Waals surface area (Å²) in [6, 6.07) is 5.76. The molecule has 3 aromatic heterocycles. The maximum atomic E-state index is 15.8. The van der Waals surface area contributed by atoms with Crippen LogP contribution in [0.2, 0.25) is 0 Å². The van der Waals surface area contributed by atoms with Crippen LogP contribution >= 0.6 is 11.3 Å². The molecule has 1 saturated heterocycles. The Morgan fingerprint density at radius 1 is 1.08 bits per heavy atom. The summed E-state index contributed by atoms with van der Waals surface area (Å²) in [6.07, 6.45) is 5.43. The predicted octanol–water partition coefficient (Wildman–Crippen LogP) is 5.88. The Labute approximate surface area is 298 Å². The standard InChI is InChI=1S/C37H41FN6O6S/c1-20(45)49-19-27-26(13-23(38)14-29(27)43-11-10-25-24-8-6-7-9-31(24)51-33(25)35(43)47)21-12-30(34(46)42(5)18-21)44(36(48)50-37(2,3)4)32-15-28(40-41-32)22-16-39-17-22/h12-15,18,22,39H,6-11,16-17,19H2,1-5H3,(H,40,41). The number of carbonyl (C=O) groups is 3. The second-order valence-corrected chi connectivity index (χ2v) is 15.4. The van der Waals surface area contributed by atoms with Crippen molar-refractivity contribution in [2.45, 2.75) is 77.9 Å². The van der Waals surface area contributed by atoms with E-state index < -0.39 is 29.0 Å². The molecule has 0 atom stereocenters. The second-order valence-electron chi connectivity index (χ2n) is 14.3. The average molecular weight is 717 g/mol. The van der Waals surface area contributed by atoms with E-state index in [0.717, 1.165) is 54.9 Å². The lowest BCUT2D eigenvalue weighted by Crippen LogP contribution is -2.40. The molecule has 1 aromatic carbocycles. The number of H-pyrrole nitrogens is 1. The van der Waals surface area contributed by atoms with E-state index in [4.69, 9.17) is 9.47 Å². The van der Waals surface area contributed by atoms with Gasteiger partial charge in [0, 0.05) is 73.5 Å². The number of anilines is 3. The van der Waals surface area contributed by atoms with E-state index in [9.17, 15) is 19.2 Å². The minimum Gasteiger partial charge on any atom is -0.461 e. The van der Waals surface area contributed by atoms with Crippen LogP contribution < -0.4 is 20.7 Å². The number of nitrogens with one attached hydrogen (secondary N) is 2. The molecule has 1 aliphatic carbocycles. The Balaban J connectivity index is 1.36. The smallest absolute Gasteiger partial charge is 0.420 e. The third kappa shape index (κ3) is 6.69. The number of pyridine rings is 1. The van der Waals surface area contributed by atoms with Crippen LogP contribution in [0.25, 0.3) is 11.1 Å². The van der Waals surface area contributed by atoms with E-state index in [1.165, 1.54) is 64.7 Å². The van der Waals surface area contributed by atoms with Gasteiger partial charge in [-0.25, -0.2) is 14.1 Å². The SMILES string of the molecule is CC(=O)OCc1c(-c2cc(N(C(=O)OC(C)(C)C)c3cc(C4CNC4)[nH]n3)c(=O)n(C)c2)cc(F)cc1N1CCc2c(sc3c2CCCC3)C1=O. The van der Waals surface area contributed by atoms with Crippen molar-refractivity contribution in [3.8, 4) is 11.1 Å². The van der Waals surface area contributed by atoms with Crippen LogP contribution in [-0.4, -0.2) is 58.0 Å². The number of benzene rings is 1. The van der Waals surface area contributed by atoms with Gasteiger partial charge >= 0.3 is 12.1 Å². The van der Waals surface area contributed by atoms with Gasteiger partial charge in [0.2, 0.25) is 0 Å². The number of aryl methyl sites for hydroxylation is 2. The molecule has 2 N–H and O–H groups in total. The summed E-state index contributed by atoms with van der Waals surface area (Å²) < 4.78 is 28.3. The number of halogens is 1. The number of thiophene rings is 1.